The van der Waals surface area contributed by atoms with E-state index in [2.05, 4.69) is 15.8 Å². The maximum atomic E-state index is 12.1. The molecule has 0 saturated heterocycles. The minimum absolute atomic E-state index is 0.130. The van der Waals surface area contributed by atoms with Gasteiger partial charge >= 0.3 is 5.97 Å². The molecule has 1 aliphatic rings. The second-order valence-corrected chi connectivity index (χ2v) is 8.58. The van der Waals surface area contributed by atoms with Gasteiger partial charge in [-0.05, 0) is 12.1 Å². The average molecular weight is 403 g/mol. The molecule has 0 unspecified atom stereocenters. The van der Waals surface area contributed by atoms with Crippen LogP contribution in [0.1, 0.15) is 32.9 Å². The third-order valence-electron chi connectivity index (χ3n) is 3.96. The van der Waals surface area contributed by atoms with E-state index in [-0.39, 0.29) is 23.6 Å². The minimum Gasteiger partial charge on any atom is -0.456 e. The Bertz CT molecular complexity index is 903. The summed E-state index contributed by atoms with van der Waals surface area (Å²) in [5.41, 5.74) is 1.21. The molecular formula is C19H21N3O5S. The van der Waals surface area contributed by atoms with Gasteiger partial charge in [-0.2, -0.15) is 0 Å². The third-order valence-corrected chi connectivity index (χ3v) is 5.24. The molecule has 28 heavy (non-hydrogen) atoms. The van der Waals surface area contributed by atoms with Crippen molar-refractivity contribution in [3.05, 3.63) is 36.0 Å². The average Bonchev–Trinajstić information content (AvgIpc) is 3.09. The molecule has 8 nitrogen and oxygen atoms in total. The molecule has 2 amide bonds. The molecule has 1 aliphatic heterocycles. The Morgan fingerprint density at radius 2 is 2.07 bits per heavy atom. The van der Waals surface area contributed by atoms with Crippen molar-refractivity contribution in [2.75, 3.05) is 17.2 Å². The largest absolute Gasteiger partial charge is 0.456 e. The molecule has 2 N–H and O–H groups in total. The Labute approximate surface area is 166 Å². The molecule has 2 aromatic rings. The molecule has 0 bridgehead atoms. The molecule has 0 saturated carbocycles. The van der Waals surface area contributed by atoms with Crippen molar-refractivity contribution < 1.29 is 23.6 Å². The first-order chi connectivity index (χ1) is 13.2. The standard InChI is InChI=1S/C19H21N3O5S/c1-19(2,3)14-9-16(27-22-14)21-15(23)10-26-17(24)8-13-18(25)20-11-6-4-5-7-12(11)28-13/h4-7,9,13H,8,10H2,1-3H3,(H,20,25)(H,21,23)/t13-/m0/s1. The Morgan fingerprint density at radius 1 is 1.32 bits per heavy atom. The molecule has 0 radical (unpaired) electrons. The van der Waals surface area contributed by atoms with Gasteiger partial charge in [0, 0.05) is 16.4 Å². The topological polar surface area (TPSA) is 111 Å². The van der Waals surface area contributed by atoms with Gasteiger partial charge in [-0.15, -0.1) is 11.8 Å². The zero-order valence-electron chi connectivity index (χ0n) is 15.8. The number of nitrogens with one attached hydrogen (secondary N) is 2. The highest BCUT2D eigenvalue weighted by Crippen LogP contribution is 2.36. The van der Waals surface area contributed by atoms with Crippen LogP contribution in [0.25, 0.3) is 0 Å². The van der Waals surface area contributed by atoms with Gasteiger partial charge < -0.3 is 14.6 Å². The number of benzene rings is 1. The summed E-state index contributed by atoms with van der Waals surface area (Å²) in [5.74, 6) is -1.25. The van der Waals surface area contributed by atoms with Crippen molar-refractivity contribution in [2.45, 2.75) is 42.8 Å². The molecular weight excluding hydrogens is 382 g/mol. The number of esters is 1. The Morgan fingerprint density at radius 3 is 2.79 bits per heavy atom. The van der Waals surface area contributed by atoms with Gasteiger partial charge in [0.25, 0.3) is 5.91 Å². The number of hydrogen-bond acceptors (Lipinski definition) is 7. The van der Waals surface area contributed by atoms with E-state index in [1.54, 1.807) is 12.1 Å². The van der Waals surface area contributed by atoms with Crippen LogP contribution in [0.15, 0.2) is 39.8 Å². The van der Waals surface area contributed by atoms with E-state index >= 15 is 0 Å². The number of fused-ring (bicyclic) bond motifs is 1. The molecule has 0 spiro atoms. The number of amides is 2. The van der Waals surface area contributed by atoms with Crippen molar-refractivity contribution >= 4 is 41.1 Å². The fourth-order valence-corrected chi connectivity index (χ4v) is 3.54. The first-order valence-corrected chi connectivity index (χ1v) is 9.59. The molecule has 0 fully saturated rings. The predicted molar refractivity (Wildman–Crippen MR) is 104 cm³/mol. The zero-order chi connectivity index (χ0) is 20.3. The molecule has 9 heteroatoms. The quantitative estimate of drug-likeness (QED) is 0.739. The maximum absolute atomic E-state index is 12.1. The second kappa shape index (κ2) is 8.05. The van der Waals surface area contributed by atoms with Crippen LogP contribution in [-0.4, -0.2) is 34.8 Å². The van der Waals surface area contributed by atoms with Crippen LogP contribution in [0.3, 0.4) is 0 Å². The van der Waals surface area contributed by atoms with Gasteiger partial charge in [-0.25, -0.2) is 0 Å². The fourth-order valence-electron chi connectivity index (χ4n) is 2.44. The first-order valence-electron chi connectivity index (χ1n) is 8.71. The predicted octanol–water partition coefficient (Wildman–Crippen LogP) is 2.96. The van der Waals surface area contributed by atoms with E-state index in [1.165, 1.54) is 11.8 Å². The number of para-hydroxylation sites is 1. The number of nitrogens with zero attached hydrogens (tertiary/aromatic N) is 1. The number of carbonyl (C=O) groups excluding carboxylic acids is 3. The molecule has 1 aromatic heterocycles. The zero-order valence-corrected chi connectivity index (χ0v) is 16.6. The van der Waals surface area contributed by atoms with E-state index in [1.807, 2.05) is 39.0 Å². The monoisotopic (exact) mass is 403 g/mol. The van der Waals surface area contributed by atoms with Gasteiger partial charge in [0.15, 0.2) is 6.61 Å². The highest BCUT2D eigenvalue weighted by Gasteiger charge is 2.29. The Balaban J connectivity index is 1.47. The lowest BCUT2D eigenvalue weighted by molar-refractivity contribution is -0.147. The summed E-state index contributed by atoms with van der Waals surface area (Å²) in [6, 6.07) is 8.98. The Hall–Kier alpha value is -2.81. The number of anilines is 2. The summed E-state index contributed by atoms with van der Waals surface area (Å²) in [5, 5.41) is 8.54. The van der Waals surface area contributed by atoms with Crippen LogP contribution in [-0.2, 0) is 24.5 Å². The first kappa shape index (κ1) is 19.9. The van der Waals surface area contributed by atoms with Gasteiger partial charge in [0.2, 0.25) is 11.8 Å². The number of ether oxygens (including phenoxy) is 1. The van der Waals surface area contributed by atoms with E-state index in [9.17, 15) is 14.4 Å². The summed E-state index contributed by atoms with van der Waals surface area (Å²) in [7, 11) is 0. The van der Waals surface area contributed by atoms with Crippen LogP contribution in [0.2, 0.25) is 0 Å². The van der Waals surface area contributed by atoms with Gasteiger partial charge in [0.1, 0.15) is 0 Å². The normalized spacial score (nSPS) is 16.1. The Kier molecular flexibility index (Phi) is 5.73. The molecule has 0 aliphatic carbocycles. The molecule has 148 valence electrons. The summed E-state index contributed by atoms with van der Waals surface area (Å²) in [4.78, 5) is 37.0. The summed E-state index contributed by atoms with van der Waals surface area (Å²) < 4.78 is 10.0. The van der Waals surface area contributed by atoms with Crippen molar-refractivity contribution in [2.24, 2.45) is 0 Å². The second-order valence-electron chi connectivity index (χ2n) is 7.33. The third kappa shape index (κ3) is 4.92. The fraction of sp³-hybridized carbons (Fsp3) is 0.368. The van der Waals surface area contributed by atoms with Crippen molar-refractivity contribution in [1.82, 2.24) is 5.16 Å². The minimum atomic E-state index is -0.630. The van der Waals surface area contributed by atoms with Gasteiger partial charge in [-0.1, -0.05) is 38.1 Å². The number of carbonyl (C=O) groups is 3. The van der Waals surface area contributed by atoms with Gasteiger partial charge in [-0.3, -0.25) is 19.7 Å². The smallest absolute Gasteiger partial charge is 0.307 e. The lowest BCUT2D eigenvalue weighted by atomic mass is 9.92. The van der Waals surface area contributed by atoms with E-state index < -0.39 is 23.7 Å². The maximum Gasteiger partial charge on any atom is 0.307 e. The number of hydrogen-bond donors (Lipinski definition) is 2. The summed E-state index contributed by atoms with van der Waals surface area (Å²) in [6.45, 7) is 5.43. The number of aromatic nitrogens is 1. The lowest BCUT2D eigenvalue weighted by Gasteiger charge is -2.23. The van der Waals surface area contributed by atoms with E-state index in [0.717, 1.165) is 10.6 Å². The molecule has 3 rings (SSSR count). The van der Waals surface area contributed by atoms with Crippen LogP contribution >= 0.6 is 11.8 Å². The molecule has 2 heterocycles. The van der Waals surface area contributed by atoms with Crippen molar-refractivity contribution in [3.8, 4) is 0 Å². The van der Waals surface area contributed by atoms with E-state index in [0.29, 0.717) is 5.69 Å². The van der Waals surface area contributed by atoms with Crippen LogP contribution in [0.5, 0.6) is 0 Å². The SMILES string of the molecule is CC(C)(C)c1cc(NC(=O)COC(=O)C[C@@H]2Sc3ccccc3NC2=O)on1. The number of rotatable bonds is 5. The molecule has 1 atom stereocenters. The highest BCUT2D eigenvalue weighted by molar-refractivity contribution is 8.01. The van der Waals surface area contributed by atoms with Crippen molar-refractivity contribution in [1.29, 1.82) is 0 Å². The van der Waals surface area contributed by atoms with Crippen LogP contribution in [0.4, 0.5) is 11.6 Å². The lowest BCUT2D eigenvalue weighted by Crippen LogP contribution is -2.32. The van der Waals surface area contributed by atoms with Crippen molar-refractivity contribution in [3.63, 3.8) is 0 Å². The summed E-state index contributed by atoms with van der Waals surface area (Å²) >= 11 is 1.30. The van der Waals surface area contributed by atoms with Crippen LogP contribution in [0, 0.1) is 0 Å². The van der Waals surface area contributed by atoms with Crippen LogP contribution < -0.4 is 10.6 Å². The van der Waals surface area contributed by atoms with Gasteiger partial charge in [0.05, 0.1) is 23.1 Å². The molecule has 1 aromatic carbocycles. The van der Waals surface area contributed by atoms with E-state index in [4.69, 9.17) is 9.26 Å². The summed E-state index contributed by atoms with van der Waals surface area (Å²) in [6.07, 6.45) is -0.130. The number of thioether (sulfide) groups is 1. The highest BCUT2D eigenvalue weighted by atomic mass is 32.2.